The molecule has 1 aliphatic carbocycles. The normalized spacial score (nSPS) is 24.9. The Morgan fingerprint density at radius 3 is 2.68 bits per heavy atom. The minimum absolute atomic E-state index is 0.0170. The first kappa shape index (κ1) is 18.2. The molecule has 5 nitrogen and oxygen atoms in total. The molecule has 25 heavy (non-hydrogen) atoms. The Kier molecular flexibility index (Phi) is 5.35. The van der Waals surface area contributed by atoms with Crippen LogP contribution in [-0.4, -0.2) is 47.9 Å². The zero-order valence-corrected chi connectivity index (χ0v) is 15.5. The van der Waals surface area contributed by atoms with E-state index in [0.29, 0.717) is 26.2 Å². The molecule has 1 aromatic carbocycles. The summed E-state index contributed by atoms with van der Waals surface area (Å²) in [7, 11) is 0. The van der Waals surface area contributed by atoms with Crippen LogP contribution in [0.5, 0.6) is 0 Å². The van der Waals surface area contributed by atoms with E-state index in [-0.39, 0.29) is 23.7 Å². The van der Waals surface area contributed by atoms with Gasteiger partial charge in [0.2, 0.25) is 0 Å². The van der Waals surface area contributed by atoms with E-state index in [1.165, 1.54) is 11.1 Å². The fourth-order valence-electron chi connectivity index (χ4n) is 4.27. The molecule has 2 aliphatic rings. The molecule has 2 fully saturated rings. The Morgan fingerprint density at radius 1 is 1.36 bits per heavy atom. The second-order valence-electron chi connectivity index (χ2n) is 7.50. The van der Waals surface area contributed by atoms with Crippen LogP contribution in [0.2, 0.25) is 0 Å². The van der Waals surface area contributed by atoms with Crippen molar-refractivity contribution < 1.29 is 14.6 Å². The Balaban J connectivity index is 1.52. The van der Waals surface area contributed by atoms with Gasteiger partial charge in [-0.15, -0.1) is 0 Å². The summed E-state index contributed by atoms with van der Waals surface area (Å²) in [5.74, 6) is 0. The lowest BCUT2D eigenvalue weighted by Crippen LogP contribution is -2.63. The van der Waals surface area contributed by atoms with Gasteiger partial charge in [0.1, 0.15) is 0 Å². The molecule has 2 atom stereocenters. The van der Waals surface area contributed by atoms with Gasteiger partial charge in [-0.25, -0.2) is 4.79 Å². The van der Waals surface area contributed by atoms with Gasteiger partial charge in [0, 0.05) is 38.1 Å². The maximum absolute atomic E-state index is 12.5. The smallest absolute Gasteiger partial charge is 0.317 e. The third kappa shape index (κ3) is 3.53. The van der Waals surface area contributed by atoms with Crippen molar-refractivity contribution >= 4 is 6.03 Å². The number of aliphatic hydroxyl groups is 1. The van der Waals surface area contributed by atoms with E-state index in [1.807, 2.05) is 11.8 Å². The zero-order valence-electron chi connectivity index (χ0n) is 15.5. The highest BCUT2D eigenvalue weighted by Gasteiger charge is 2.56. The van der Waals surface area contributed by atoms with Crippen molar-refractivity contribution in [2.24, 2.45) is 5.41 Å². The van der Waals surface area contributed by atoms with E-state index in [1.54, 1.807) is 0 Å². The molecular formula is C20H30N2O3. The van der Waals surface area contributed by atoms with Gasteiger partial charge in [-0.05, 0) is 44.7 Å². The average molecular weight is 346 g/mol. The van der Waals surface area contributed by atoms with Crippen LogP contribution >= 0.6 is 0 Å². The van der Waals surface area contributed by atoms with Crippen LogP contribution in [0.25, 0.3) is 0 Å². The fourth-order valence-corrected chi connectivity index (χ4v) is 4.27. The topological polar surface area (TPSA) is 61.8 Å². The van der Waals surface area contributed by atoms with Crippen molar-refractivity contribution in [3.8, 4) is 0 Å². The predicted molar refractivity (Wildman–Crippen MR) is 97.4 cm³/mol. The van der Waals surface area contributed by atoms with Crippen molar-refractivity contribution in [2.45, 2.75) is 58.8 Å². The lowest BCUT2D eigenvalue weighted by atomic mass is 9.58. The van der Waals surface area contributed by atoms with Gasteiger partial charge in [-0.3, -0.25) is 0 Å². The number of ether oxygens (including phenoxy) is 1. The molecule has 1 saturated heterocycles. The Labute approximate surface area is 150 Å². The van der Waals surface area contributed by atoms with Gasteiger partial charge >= 0.3 is 6.03 Å². The zero-order chi connectivity index (χ0) is 18.0. The number of amides is 2. The predicted octanol–water partition coefficient (Wildman–Crippen LogP) is 2.76. The van der Waals surface area contributed by atoms with Gasteiger partial charge in [0.05, 0.1) is 12.2 Å². The van der Waals surface area contributed by atoms with E-state index in [2.05, 4.69) is 37.4 Å². The van der Waals surface area contributed by atoms with Crippen LogP contribution in [0.3, 0.4) is 0 Å². The summed E-state index contributed by atoms with van der Waals surface area (Å²) in [4.78, 5) is 14.3. The van der Waals surface area contributed by atoms with E-state index < -0.39 is 0 Å². The highest BCUT2D eigenvalue weighted by atomic mass is 16.5. The molecular weight excluding hydrogens is 316 g/mol. The fraction of sp³-hybridized carbons (Fsp3) is 0.650. The van der Waals surface area contributed by atoms with Gasteiger partial charge < -0.3 is 20.1 Å². The molecule has 0 radical (unpaired) electrons. The summed E-state index contributed by atoms with van der Waals surface area (Å²) >= 11 is 0. The van der Waals surface area contributed by atoms with E-state index in [0.717, 1.165) is 24.8 Å². The van der Waals surface area contributed by atoms with Gasteiger partial charge in [-0.2, -0.15) is 0 Å². The molecule has 1 heterocycles. The standard InChI is InChI=1S/C20H30N2O3/c1-4-25-18-12-17(23)20(18)7-9-22(10-8-20)19(24)21-13-16-6-5-14(2)11-15(16)3/h5-6,11,17-18,23H,4,7-10,12-13H2,1-3H3,(H,21,24)/t17-,18+/m1/s1. The molecule has 0 unspecified atom stereocenters. The number of aryl methyl sites for hydroxylation is 2. The minimum atomic E-state index is -0.288. The van der Waals surface area contributed by atoms with Crippen LogP contribution in [0, 0.1) is 19.3 Å². The number of aliphatic hydroxyl groups excluding tert-OH is 1. The first-order valence-corrected chi connectivity index (χ1v) is 9.35. The third-order valence-electron chi connectivity index (χ3n) is 6.02. The quantitative estimate of drug-likeness (QED) is 0.881. The molecule has 2 N–H and O–H groups in total. The highest BCUT2D eigenvalue weighted by Crippen LogP contribution is 2.50. The number of nitrogens with one attached hydrogen (secondary N) is 1. The number of urea groups is 1. The Hall–Kier alpha value is -1.59. The van der Waals surface area contributed by atoms with Crippen LogP contribution in [0.4, 0.5) is 4.79 Å². The van der Waals surface area contributed by atoms with E-state index >= 15 is 0 Å². The second-order valence-corrected chi connectivity index (χ2v) is 7.50. The van der Waals surface area contributed by atoms with Crippen molar-refractivity contribution in [3.05, 3.63) is 34.9 Å². The molecule has 2 amide bonds. The van der Waals surface area contributed by atoms with Crippen molar-refractivity contribution in [1.82, 2.24) is 10.2 Å². The molecule has 0 bridgehead atoms. The van der Waals surface area contributed by atoms with E-state index in [4.69, 9.17) is 4.74 Å². The molecule has 1 aromatic rings. The second kappa shape index (κ2) is 7.34. The Bertz CT molecular complexity index is 621. The van der Waals surface area contributed by atoms with Crippen LogP contribution in [0.15, 0.2) is 18.2 Å². The summed E-state index contributed by atoms with van der Waals surface area (Å²) < 4.78 is 5.79. The van der Waals surface area contributed by atoms with Crippen molar-refractivity contribution in [3.63, 3.8) is 0 Å². The summed E-state index contributed by atoms with van der Waals surface area (Å²) in [5, 5.41) is 13.3. The first-order valence-electron chi connectivity index (χ1n) is 9.35. The third-order valence-corrected chi connectivity index (χ3v) is 6.02. The van der Waals surface area contributed by atoms with Gasteiger partial charge in [-0.1, -0.05) is 23.8 Å². The van der Waals surface area contributed by atoms with Gasteiger partial charge in [0.15, 0.2) is 0 Å². The molecule has 0 aromatic heterocycles. The van der Waals surface area contributed by atoms with Crippen LogP contribution in [-0.2, 0) is 11.3 Å². The highest BCUT2D eigenvalue weighted by molar-refractivity contribution is 5.74. The van der Waals surface area contributed by atoms with Gasteiger partial charge in [0.25, 0.3) is 0 Å². The molecule has 3 rings (SSSR count). The number of likely N-dealkylation sites (tertiary alicyclic amines) is 1. The molecule has 5 heteroatoms. The van der Waals surface area contributed by atoms with Crippen LogP contribution in [0.1, 0.15) is 42.9 Å². The molecule has 1 saturated carbocycles. The molecule has 1 spiro atoms. The Morgan fingerprint density at radius 2 is 2.08 bits per heavy atom. The number of rotatable bonds is 4. The molecule has 138 valence electrons. The first-order chi connectivity index (χ1) is 12.0. The van der Waals surface area contributed by atoms with Crippen LogP contribution < -0.4 is 5.32 Å². The lowest BCUT2D eigenvalue weighted by Gasteiger charge is -2.56. The van der Waals surface area contributed by atoms with Crippen molar-refractivity contribution in [1.29, 1.82) is 0 Å². The average Bonchev–Trinajstić information content (AvgIpc) is 2.61. The minimum Gasteiger partial charge on any atom is -0.392 e. The van der Waals surface area contributed by atoms with E-state index in [9.17, 15) is 9.90 Å². The SMILES string of the molecule is CCO[C@H]1C[C@@H](O)C12CCN(C(=O)NCc1ccc(C)cc1C)CC2. The maximum Gasteiger partial charge on any atom is 0.317 e. The van der Waals surface area contributed by atoms with Crippen molar-refractivity contribution in [2.75, 3.05) is 19.7 Å². The number of hydrogen-bond acceptors (Lipinski definition) is 3. The molecule has 1 aliphatic heterocycles. The largest absolute Gasteiger partial charge is 0.392 e. The lowest BCUT2D eigenvalue weighted by molar-refractivity contribution is -0.207. The summed E-state index contributed by atoms with van der Waals surface area (Å²) in [6, 6.07) is 6.27. The number of carbonyl (C=O) groups excluding carboxylic acids is 1. The number of hydrogen-bond donors (Lipinski definition) is 2. The number of piperidine rings is 1. The summed E-state index contributed by atoms with van der Waals surface area (Å²) in [6.07, 6.45) is 2.22. The monoisotopic (exact) mass is 346 g/mol. The number of carbonyl (C=O) groups is 1. The summed E-state index contributed by atoms with van der Waals surface area (Å²) in [6.45, 7) is 8.73. The number of nitrogens with zero attached hydrogens (tertiary/aromatic N) is 1. The maximum atomic E-state index is 12.5. The summed E-state index contributed by atoms with van der Waals surface area (Å²) in [5.41, 5.74) is 3.45. The number of benzene rings is 1.